The summed E-state index contributed by atoms with van der Waals surface area (Å²) in [6.07, 6.45) is 2.25. The third kappa shape index (κ3) is 2.27. The highest BCUT2D eigenvalue weighted by Gasteiger charge is 2.32. The molecule has 0 saturated heterocycles. The Bertz CT molecular complexity index is 308. The molecule has 0 aliphatic heterocycles. The van der Waals surface area contributed by atoms with Crippen LogP contribution in [0.15, 0.2) is 22.7 Å². The van der Waals surface area contributed by atoms with Gasteiger partial charge in [-0.1, -0.05) is 22.0 Å². The lowest BCUT2D eigenvalue weighted by atomic mass is 10.0. The number of hydrogen-bond donors (Lipinski definition) is 1. The van der Waals surface area contributed by atoms with Crippen molar-refractivity contribution >= 4 is 28.3 Å². The Balaban J connectivity index is 0.000000980. The van der Waals surface area contributed by atoms with E-state index in [1.807, 2.05) is 6.07 Å². The van der Waals surface area contributed by atoms with Crippen molar-refractivity contribution in [1.82, 2.24) is 0 Å². The molecular weight excluding hydrogens is 268 g/mol. The minimum absolute atomic E-state index is 0. The first kappa shape index (κ1) is 12.0. The molecule has 0 heterocycles. The highest BCUT2D eigenvalue weighted by molar-refractivity contribution is 9.10. The van der Waals surface area contributed by atoms with Gasteiger partial charge in [0.25, 0.3) is 0 Å². The number of hydrogen-bond acceptors (Lipinski definition) is 1. The van der Waals surface area contributed by atoms with Crippen molar-refractivity contribution < 1.29 is 4.39 Å². The minimum Gasteiger partial charge on any atom is -0.324 e. The van der Waals surface area contributed by atoms with E-state index in [1.54, 1.807) is 6.07 Å². The van der Waals surface area contributed by atoms with Gasteiger partial charge < -0.3 is 5.73 Å². The molecule has 0 aromatic heterocycles. The van der Waals surface area contributed by atoms with Crippen LogP contribution in [0.4, 0.5) is 4.39 Å². The van der Waals surface area contributed by atoms with Crippen LogP contribution in [0.5, 0.6) is 0 Å². The van der Waals surface area contributed by atoms with E-state index >= 15 is 0 Å². The second-order valence-corrected chi connectivity index (χ2v) is 4.35. The summed E-state index contributed by atoms with van der Waals surface area (Å²) in [6.45, 7) is 0. The lowest BCUT2D eigenvalue weighted by Crippen LogP contribution is -2.14. The van der Waals surface area contributed by atoms with E-state index in [1.165, 1.54) is 6.07 Å². The molecule has 0 radical (unpaired) electrons. The van der Waals surface area contributed by atoms with Crippen molar-refractivity contribution in [2.24, 2.45) is 11.7 Å². The molecular formula is C10H12BrClFN. The molecule has 1 aliphatic rings. The zero-order valence-corrected chi connectivity index (χ0v) is 9.94. The Morgan fingerprint density at radius 3 is 2.57 bits per heavy atom. The van der Waals surface area contributed by atoms with Gasteiger partial charge in [0.05, 0.1) is 0 Å². The van der Waals surface area contributed by atoms with Crippen molar-refractivity contribution in [1.29, 1.82) is 0 Å². The van der Waals surface area contributed by atoms with Crippen LogP contribution >= 0.6 is 28.3 Å². The Labute approximate surface area is 97.4 Å². The summed E-state index contributed by atoms with van der Waals surface area (Å²) in [5, 5.41) is 0. The summed E-state index contributed by atoms with van der Waals surface area (Å²) in [7, 11) is 0. The smallest absolute Gasteiger partial charge is 0.129 e. The maximum absolute atomic E-state index is 13.4. The summed E-state index contributed by atoms with van der Waals surface area (Å²) >= 11 is 3.32. The highest BCUT2D eigenvalue weighted by Crippen LogP contribution is 2.42. The molecule has 14 heavy (non-hydrogen) atoms. The van der Waals surface area contributed by atoms with E-state index < -0.39 is 0 Å². The van der Waals surface area contributed by atoms with Crippen molar-refractivity contribution in [3.8, 4) is 0 Å². The average molecular weight is 281 g/mol. The molecule has 0 amide bonds. The summed E-state index contributed by atoms with van der Waals surface area (Å²) in [4.78, 5) is 0. The van der Waals surface area contributed by atoms with Gasteiger partial charge in [-0.3, -0.25) is 0 Å². The summed E-state index contributed by atoms with van der Waals surface area (Å²) in [5.41, 5.74) is 6.56. The molecule has 1 nitrogen and oxygen atoms in total. The van der Waals surface area contributed by atoms with Crippen molar-refractivity contribution in [3.05, 3.63) is 34.1 Å². The molecule has 0 bridgehead atoms. The summed E-state index contributed by atoms with van der Waals surface area (Å²) < 4.78 is 14.2. The summed E-state index contributed by atoms with van der Waals surface area (Å²) in [5.74, 6) is 0.280. The topological polar surface area (TPSA) is 26.0 Å². The van der Waals surface area contributed by atoms with Crippen LogP contribution in [-0.2, 0) is 0 Å². The quantitative estimate of drug-likeness (QED) is 0.882. The van der Waals surface area contributed by atoms with Crippen molar-refractivity contribution in [2.75, 3.05) is 0 Å². The van der Waals surface area contributed by atoms with Gasteiger partial charge in [0.15, 0.2) is 0 Å². The largest absolute Gasteiger partial charge is 0.324 e. The normalized spacial score (nSPS) is 17.4. The molecule has 2 N–H and O–H groups in total. The van der Waals surface area contributed by atoms with Crippen LogP contribution in [0.25, 0.3) is 0 Å². The van der Waals surface area contributed by atoms with Crippen LogP contribution in [0.2, 0.25) is 0 Å². The van der Waals surface area contributed by atoms with Crippen LogP contribution < -0.4 is 5.73 Å². The van der Waals surface area contributed by atoms with Crippen LogP contribution in [0, 0.1) is 11.7 Å². The maximum Gasteiger partial charge on any atom is 0.129 e. The standard InChI is InChI=1S/C10H11BrFN.ClH/c11-7-2-1-3-8(12)9(7)10(13)6-4-5-6;/h1-3,6,10H,4-5,13H2;1H/t10-;/m1./s1. The Morgan fingerprint density at radius 1 is 1.43 bits per heavy atom. The van der Waals surface area contributed by atoms with E-state index in [-0.39, 0.29) is 24.3 Å². The number of nitrogens with two attached hydrogens (primary N) is 1. The average Bonchev–Trinajstić information content (AvgIpc) is 2.85. The first-order chi connectivity index (χ1) is 6.20. The zero-order valence-electron chi connectivity index (χ0n) is 7.54. The summed E-state index contributed by atoms with van der Waals surface area (Å²) in [6, 6.07) is 4.83. The van der Waals surface area contributed by atoms with Gasteiger partial charge in [0.2, 0.25) is 0 Å². The molecule has 1 fully saturated rings. The maximum atomic E-state index is 13.4. The van der Waals surface area contributed by atoms with E-state index in [0.717, 1.165) is 17.3 Å². The molecule has 1 aromatic rings. The number of rotatable bonds is 2. The lowest BCUT2D eigenvalue weighted by molar-refractivity contribution is 0.551. The minimum atomic E-state index is -0.200. The molecule has 0 spiro atoms. The van der Waals surface area contributed by atoms with Gasteiger partial charge in [0, 0.05) is 16.1 Å². The van der Waals surface area contributed by atoms with E-state index in [4.69, 9.17) is 5.73 Å². The molecule has 4 heteroatoms. The Hall–Kier alpha value is -0.120. The van der Waals surface area contributed by atoms with Gasteiger partial charge >= 0.3 is 0 Å². The molecule has 0 unspecified atom stereocenters. The van der Waals surface area contributed by atoms with Gasteiger partial charge in [-0.15, -0.1) is 12.4 Å². The van der Waals surface area contributed by atoms with Gasteiger partial charge in [-0.25, -0.2) is 4.39 Å². The molecule has 1 aliphatic carbocycles. The van der Waals surface area contributed by atoms with Crippen LogP contribution in [0.3, 0.4) is 0 Å². The second kappa shape index (κ2) is 4.60. The van der Waals surface area contributed by atoms with Crippen LogP contribution in [0.1, 0.15) is 24.4 Å². The molecule has 78 valence electrons. The first-order valence-corrected chi connectivity index (χ1v) is 5.19. The lowest BCUT2D eigenvalue weighted by Gasteiger charge is -2.13. The van der Waals surface area contributed by atoms with Crippen molar-refractivity contribution in [2.45, 2.75) is 18.9 Å². The third-order valence-corrected chi connectivity index (χ3v) is 3.15. The van der Waals surface area contributed by atoms with Gasteiger partial charge in [-0.2, -0.15) is 0 Å². The molecule has 1 saturated carbocycles. The number of halogens is 3. The monoisotopic (exact) mass is 279 g/mol. The highest BCUT2D eigenvalue weighted by atomic mass is 79.9. The third-order valence-electron chi connectivity index (χ3n) is 2.46. The number of benzene rings is 1. The zero-order chi connectivity index (χ0) is 9.42. The van der Waals surface area contributed by atoms with E-state index in [9.17, 15) is 4.39 Å². The first-order valence-electron chi connectivity index (χ1n) is 4.39. The predicted octanol–water partition coefficient (Wildman–Crippen LogP) is 3.42. The Morgan fingerprint density at radius 2 is 2.07 bits per heavy atom. The fraction of sp³-hybridized carbons (Fsp3) is 0.400. The fourth-order valence-electron chi connectivity index (χ4n) is 1.52. The SMILES string of the molecule is Cl.N[C@@H](c1c(F)cccc1Br)C1CC1. The fourth-order valence-corrected chi connectivity index (χ4v) is 2.13. The second-order valence-electron chi connectivity index (χ2n) is 3.50. The van der Waals surface area contributed by atoms with Gasteiger partial charge in [0.1, 0.15) is 5.82 Å². The van der Waals surface area contributed by atoms with Crippen LogP contribution in [-0.4, -0.2) is 0 Å². The molecule has 1 atom stereocenters. The molecule has 1 aromatic carbocycles. The van der Waals surface area contributed by atoms with Crippen molar-refractivity contribution in [3.63, 3.8) is 0 Å². The molecule has 2 rings (SSSR count). The van der Waals surface area contributed by atoms with E-state index in [0.29, 0.717) is 11.5 Å². The predicted molar refractivity (Wildman–Crippen MR) is 61.0 cm³/mol. The van der Waals surface area contributed by atoms with Gasteiger partial charge in [-0.05, 0) is 30.9 Å². The Kier molecular flexibility index (Phi) is 3.93. The van der Waals surface area contributed by atoms with E-state index in [2.05, 4.69) is 15.9 Å².